The maximum Gasteiger partial charge on any atom is 0.333 e. The molecule has 1 unspecified atom stereocenters. The van der Waals surface area contributed by atoms with E-state index in [-0.39, 0.29) is 12.5 Å². The Morgan fingerprint density at radius 3 is 1.85 bits per heavy atom. The summed E-state index contributed by atoms with van der Waals surface area (Å²) in [5.41, 5.74) is 0.387. The lowest BCUT2D eigenvalue weighted by atomic mass is 9.98. The minimum absolute atomic E-state index is 0.183. The van der Waals surface area contributed by atoms with Crippen LogP contribution in [0, 0.1) is 5.92 Å². The Balaban J connectivity index is 5.02. The van der Waals surface area contributed by atoms with Crippen LogP contribution < -0.4 is 0 Å². The monoisotopic (exact) mass is 372 g/mol. The second kappa shape index (κ2) is 15.2. The molecule has 0 aliphatic carbocycles. The lowest BCUT2D eigenvalue weighted by Gasteiger charge is -2.38. The van der Waals surface area contributed by atoms with Crippen LogP contribution in [0.1, 0.15) is 79.6 Å². The number of carbonyl (C=O) groups excluding carboxylic acids is 1. The molecule has 5 heteroatoms. The summed E-state index contributed by atoms with van der Waals surface area (Å²) in [5, 5.41) is 0. The molecule has 0 aromatic heterocycles. The fourth-order valence-electron chi connectivity index (χ4n) is 2.91. The Labute approximate surface area is 160 Å². The number of hydrogen-bond acceptors (Lipinski definition) is 5. The highest BCUT2D eigenvalue weighted by atomic mass is 16.9. The Kier molecular flexibility index (Phi) is 14.6. The molecule has 0 aromatic rings. The van der Waals surface area contributed by atoms with Gasteiger partial charge in [0.05, 0.1) is 5.92 Å². The SMILES string of the molecule is C=C(C)C(=O)OCC(CCCCCCCC)C(OCC)(OCC)OCC. The van der Waals surface area contributed by atoms with Crippen LogP contribution in [-0.4, -0.2) is 38.4 Å². The van der Waals surface area contributed by atoms with E-state index >= 15 is 0 Å². The van der Waals surface area contributed by atoms with E-state index in [0.29, 0.717) is 25.4 Å². The number of rotatable bonds is 17. The number of ether oxygens (including phenoxy) is 4. The first-order chi connectivity index (χ1) is 12.5. The van der Waals surface area contributed by atoms with Crippen LogP contribution in [0.5, 0.6) is 0 Å². The van der Waals surface area contributed by atoms with Gasteiger partial charge < -0.3 is 18.9 Å². The van der Waals surface area contributed by atoms with Gasteiger partial charge in [0.25, 0.3) is 5.97 Å². The van der Waals surface area contributed by atoms with Crippen LogP contribution in [0.2, 0.25) is 0 Å². The van der Waals surface area contributed by atoms with Gasteiger partial charge in [-0.05, 0) is 34.1 Å². The Bertz CT molecular complexity index is 364. The van der Waals surface area contributed by atoms with Gasteiger partial charge in [-0.2, -0.15) is 0 Å². The highest BCUT2D eigenvalue weighted by Crippen LogP contribution is 2.31. The molecule has 0 bridgehead atoms. The summed E-state index contributed by atoms with van der Waals surface area (Å²) in [6.45, 7) is 14.8. The summed E-state index contributed by atoms with van der Waals surface area (Å²) >= 11 is 0. The highest BCUT2D eigenvalue weighted by molar-refractivity contribution is 5.86. The zero-order valence-electron chi connectivity index (χ0n) is 17.6. The van der Waals surface area contributed by atoms with Crippen molar-refractivity contribution in [2.45, 2.75) is 85.5 Å². The van der Waals surface area contributed by atoms with Crippen LogP contribution in [0.25, 0.3) is 0 Å². The highest BCUT2D eigenvalue weighted by Gasteiger charge is 2.42. The smallest absolute Gasteiger partial charge is 0.333 e. The first kappa shape index (κ1) is 25.1. The number of esters is 1. The molecule has 0 heterocycles. The molecule has 0 N–H and O–H groups in total. The molecular formula is C21H40O5. The van der Waals surface area contributed by atoms with Crippen molar-refractivity contribution < 1.29 is 23.7 Å². The normalized spacial score (nSPS) is 12.8. The molecule has 0 radical (unpaired) electrons. The van der Waals surface area contributed by atoms with Gasteiger partial charge >= 0.3 is 5.97 Å². The number of hydrogen-bond donors (Lipinski definition) is 0. The molecule has 0 saturated carbocycles. The van der Waals surface area contributed by atoms with E-state index in [1.807, 2.05) is 20.8 Å². The van der Waals surface area contributed by atoms with Crippen LogP contribution in [0.4, 0.5) is 0 Å². The molecule has 5 nitrogen and oxygen atoms in total. The molecule has 0 fully saturated rings. The number of unbranched alkanes of at least 4 members (excludes halogenated alkanes) is 5. The van der Waals surface area contributed by atoms with Crippen molar-refractivity contribution in [3.8, 4) is 0 Å². The van der Waals surface area contributed by atoms with Crippen molar-refractivity contribution in [1.29, 1.82) is 0 Å². The van der Waals surface area contributed by atoms with Crippen molar-refractivity contribution >= 4 is 5.97 Å². The van der Waals surface area contributed by atoms with Crippen molar-refractivity contribution in [1.82, 2.24) is 0 Å². The maximum absolute atomic E-state index is 11.9. The molecular weight excluding hydrogens is 332 g/mol. The van der Waals surface area contributed by atoms with Gasteiger partial charge in [-0.1, -0.05) is 52.0 Å². The summed E-state index contributed by atoms with van der Waals surface area (Å²) in [6.07, 6.45) is 7.98. The van der Waals surface area contributed by atoms with E-state index in [9.17, 15) is 4.79 Å². The zero-order valence-corrected chi connectivity index (χ0v) is 17.6. The summed E-state index contributed by atoms with van der Waals surface area (Å²) in [4.78, 5) is 11.9. The fourth-order valence-corrected chi connectivity index (χ4v) is 2.91. The van der Waals surface area contributed by atoms with Gasteiger partial charge in [0.15, 0.2) is 0 Å². The molecule has 0 saturated heterocycles. The maximum atomic E-state index is 11.9. The third-order valence-electron chi connectivity index (χ3n) is 4.21. The topological polar surface area (TPSA) is 54.0 Å². The van der Waals surface area contributed by atoms with Gasteiger partial charge in [-0.15, -0.1) is 0 Å². The average molecular weight is 373 g/mol. The third-order valence-corrected chi connectivity index (χ3v) is 4.21. The van der Waals surface area contributed by atoms with Gasteiger partial charge in [0.2, 0.25) is 0 Å². The van der Waals surface area contributed by atoms with Crippen LogP contribution in [0.15, 0.2) is 12.2 Å². The van der Waals surface area contributed by atoms with Crippen LogP contribution in [-0.2, 0) is 23.7 Å². The van der Waals surface area contributed by atoms with E-state index in [0.717, 1.165) is 19.3 Å². The molecule has 0 spiro atoms. The average Bonchev–Trinajstić information content (AvgIpc) is 2.60. The lowest BCUT2D eigenvalue weighted by molar-refractivity contribution is -0.405. The number of carbonyl (C=O) groups is 1. The first-order valence-corrected chi connectivity index (χ1v) is 10.2. The summed E-state index contributed by atoms with van der Waals surface area (Å²) in [7, 11) is 0. The molecule has 0 aliphatic heterocycles. The van der Waals surface area contributed by atoms with Gasteiger partial charge in [-0.25, -0.2) is 4.79 Å². The lowest BCUT2D eigenvalue weighted by Crippen LogP contribution is -2.48. The van der Waals surface area contributed by atoms with Crippen molar-refractivity contribution in [2.24, 2.45) is 5.92 Å². The molecule has 154 valence electrons. The molecule has 0 aliphatic rings. The van der Waals surface area contributed by atoms with E-state index in [1.165, 1.54) is 25.7 Å². The standard InChI is InChI=1S/C21H40O5/c1-7-11-12-13-14-15-16-19(17-23-20(22)18(5)6)21(24-8-2,25-9-3)26-10-4/h19H,5,7-17H2,1-4,6H3. The molecule has 0 aromatic carbocycles. The Morgan fingerprint density at radius 1 is 0.885 bits per heavy atom. The quantitative estimate of drug-likeness (QED) is 0.151. The predicted octanol–water partition coefficient (Wildman–Crippen LogP) is 5.24. The molecule has 1 atom stereocenters. The van der Waals surface area contributed by atoms with Crippen molar-refractivity contribution in [2.75, 3.05) is 26.4 Å². The van der Waals surface area contributed by atoms with E-state index in [1.54, 1.807) is 6.92 Å². The molecule has 26 heavy (non-hydrogen) atoms. The van der Waals surface area contributed by atoms with Crippen LogP contribution >= 0.6 is 0 Å². The van der Waals surface area contributed by atoms with Gasteiger partial charge in [0.1, 0.15) is 6.61 Å². The van der Waals surface area contributed by atoms with Crippen molar-refractivity contribution in [3.05, 3.63) is 12.2 Å². The summed E-state index contributed by atoms with van der Waals surface area (Å²) in [5.74, 6) is -1.75. The van der Waals surface area contributed by atoms with E-state index in [2.05, 4.69) is 13.5 Å². The first-order valence-electron chi connectivity index (χ1n) is 10.2. The fraction of sp³-hybridized carbons (Fsp3) is 0.857. The van der Waals surface area contributed by atoms with Crippen molar-refractivity contribution in [3.63, 3.8) is 0 Å². The largest absolute Gasteiger partial charge is 0.462 e. The van der Waals surface area contributed by atoms with E-state index < -0.39 is 11.9 Å². The molecule has 0 rings (SSSR count). The Hall–Kier alpha value is -0.910. The predicted molar refractivity (Wildman–Crippen MR) is 105 cm³/mol. The minimum atomic E-state index is -1.17. The van der Waals surface area contributed by atoms with Crippen LogP contribution in [0.3, 0.4) is 0 Å². The zero-order chi connectivity index (χ0) is 19.8. The second-order valence-corrected chi connectivity index (χ2v) is 6.53. The second-order valence-electron chi connectivity index (χ2n) is 6.53. The summed E-state index contributed by atoms with van der Waals surface area (Å²) in [6, 6.07) is 0. The van der Waals surface area contributed by atoms with Gasteiger partial charge in [-0.3, -0.25) is 0 Å². The Morgan fingerprint density at radius 2 is 1.38 bits per heavy atom. The minimum Gasteiger partial charge on any atom is -0.462 e. The van der Waals surface area contributed by atoms with E-state index in [4.69, 9.17) is 18.9 Å². The summed E-state index contributed by atoms with van der Waals surface area (Å²) < 4.78 is 23.1. The van der Waals surface area contributed by atoms with Gasteiger partial charge in [0, 0.05) is 25.4 Å². The molecule has 0 amide bonds. The third kappa shape index (κ3) is 9.70.